The van der Waals surface area contributed by atoms with Crippen molar-refractivity contribution in [2.75, 3.05) is 0 Å². The van der Waals surface area contributed by atoms with E-state index in [1.807, 2.05) is 0 Å². The quantitative estimate of drug-likeness (QED) is 0.412. The SMILES string of the molecule is CCCCCCCC/C=N/NC(=O)c1ccc(Br)o1. The van der Waals surface area contributed by atoms with E-state index in [1.165, 1.54) is 32.1 Å². The number of nitrogens with one attached hydrogen (secondary N) is 1. The Bertz CT molecular complexity index is 402. The molecule has 5 heteroatoms. The average molecular weight is 329 g/mol. The molecule has 0 aliphatic carbocycles. The molecule has 0 unspecified atom stereocenters. The molecule has 0 saturated carbocycles. The monoisotopic (exact) mass is 328 g/mol. The summed E-state index contributed by atoms with van der Waals surface area (Å²) in [5.74, 6) is -0.0755. The Balaban J connectivity index is 2.05. The van der Waals surface area contributed by atoms with E-state index in [4.69, 9.17) is 4.42 Å². The molecular formula is C14H21BrN2O2. The predicted octanol–water partition coefficient (Wildman–Crippen LogP) is 4.51. The Hall–Kier alpha value is -1.10. The van der Waals surface area contributed by atoms with Crippen molar-refractivity contribution in [3.05, 3.63) is 22.6 Å². The van der Waals surface area contributed by atoms with Crippen molar-refractivity contribution in [3.63, 3.8) is 0 Å². The van der Waals surface area contributed by atoms with E-state index >= 15 is 0 Å². The Morgan fingerprint density at radius 1 is 1.32 bits per heavy atom. The zero-order valence-corrected chi connectivity index (χ0v) is 12.9. The number of unbranched alkanes of at least 4 members (excludes halogenated alkanes) is 6. The van der Waals surface area contributed by atoms with E-state index in [9.17, 15) is 4.79 Å². The van der Waals surface area contributed by atoms with Gasteiger partial charge >= 0.3 is 5.91 Å². The van der Waals surface area contributed by atoms with Crippen LogP contribution in [0.4, 0.5) is 0 Å². The van der Waals surface area contributed by atoms with Gasteiger partial charge in [0.05, 0.1) is 0 Å². The van der Waals surface area contributed by atoms with Crippen molar-refractivity contribution in [3.8, 4) is 0 Å². The molecule has 0 fully saturated rings. The summed E-state index contributed by atoms with van der Waals surface area (Å²) in [6, 6.07) is 3.28. The van der Waals surface area contributed by atoms with Gasteiger partial charge < -0.3 is 4.42 Å². The molecular weight excluding hydrogens is 308 g/mol. The van der Waals surface area contributed by atoms with Gasteiger partial charge in [-0.25, -0.2) is 5.43 Å². The molecule has 0 aliphatic rings. The molecule has 4 nitrogen and oxygen atoms in total. The average Bonchev–Trinajstić information content (AvgIpc) is 2.83. The number of rotatable bonds is 9. The highest BCUT2D eigenvalue weighted by Crippen LogP contribution is 2.13. The van der Waals surface area contributed by atoms with Crippen LogP contribution >= 0.6 is 15.9 Å². The zero-order valence-electron chi connectivity index (χ0n) is 11.3. The van der Waals surface area contributed by atoms with Crippen molar-refractivity contribution < 1.29 is 9.21 Å². The van der Waals surface area contributed by atoms with E-state index < -0.39 is 0 Å². The first-order valence-electron chi connectivity index (χ1n) is 6.81. The highest BCUT2D eigenvalue weighted by Gasteiger charge is 2.08. The third-order valence-electron chi connectivity index (χ3n) is 2.74. The summed E-state index contributed by atoms with van der Waals surface area (Å²) in [6.45, 7) is 2.22. The minimum Gasteiger partial charge on any atom is -0.444 e. The van der Waals surface area contributed by atoms with Crippen molar-refractivity contribution in [2.24, 2.45) is 5.10 Å². The van der Waals surface area contributed by atoms with Crippen molar-refractivity contribution in [2.45, 2.75) is 51.9 Å². The summed E-state index contributed by atoms with van der Waals surface area (Å²) >= 11 is 3.14. The molecule has 1 N–H and O–H groups in total. The summed E-state index contributed by atoms with van der Waals surface area (Å²) in [7, 11) is 0. The summed E-state index contributed by atoms with van der Waals surface area (Å²) < 4.78 is 5.64. The summed E-state index contributed by atoms with van der Waals surface area (Å²) in [6.07, 6.45) is 10.2. The largest absolute Gasteiger partial charge is 0.444 e. The van der Waals surface area contributed by atoms with Crippen molar-refractivity contribution in [1.29, 1.82) is 0 Å². The number of carbonyl (C=O) groups excluding carboxylic acids is 1. The molecule has 0 aliphatic heterocycles. The number of amides is 1. The van der Waals surface area contributed by atoms with Crippen LogP contribution in [-0.4, -0.2) is 12.1 Å². The molecule has 0 atom stereocenters. The molecule has 19 heavy (non-hydrogen) atoms. The second-order valence-corrected chi connectivity index (χ2v) is 5.19. The fraction of sp³-hybridized carbons (Fsp3) is 0.571. The van der Waals surface area contributed by atoms with E-state index in [-0.39, 0.29) is 11.7 Å². The molecule has 1 amide bonds. The summed E-state index contributed by atoms with van der Waals surface area (Å²) in [4.78, 5) is 11.5. The number of hydrogen-bond acceptors (Lipinski definition) is 3. The minimum absolute atomic E-state index is 0.253. The molecule has 1 rings (SSSR count). The lowest BCUT2D eigenvalue weighted by Gasteiger charge is -1.98. The number of halogens is 1. The predicted molar refractivity (Wildman–Crippen MR) is 80.4 cm³/mol. The zero-order chi connectivity index (χ0) is 13.9. The van der Waals surface area contributed by atoms with Crippen LogP contribution in [0, 0.1) is 0 Å². The third-order valence-corrected chi connectivity index (χ3v) is 3.17. The maximum Gasteiger partial charge on any atom is 0.307 e. The van der Waals surface area contributed by atoms with Crippen LogP contribution in [0.3, 0.4) is 0 Å². The molecule has 1 aromatic heterocycles. The minimum atomic E-state index is -0.329. The van der Waals surface area contributed by atoms with Crippen LogP contribution in [-0.2, 0) is 0 Å². The number of hydrazone groups is 1. The highest BCUT2D eigenvalue weighted by molar-refractivity contribution is 9.10. The number of hydrogen-bond donors (Lipinski definition) is 1. The van der Waals surface area contributed by atoms with Gasteiger partial charge in [0.1, 0.15) is 0 Å². The van der Waals surface area contributed by atoms with Crippen LogP contribution in [0.2, 0.25) is 0 Å². The number of nitrogens with zero attached hydrogens (tertiary/aromatic N) is 1. The lowest BCUT2D eigenvalue weighted by atomic mass is 10.1. The lowest BCUT2D eigenvalue weighted by Crippen LogP contribution is -2.16. The van der Waals surface area contributed by atoms with Crippen molar-refractivity contribution in [1.82, 2.24) is 5.43 Å². The Morgan fingerprint density at radius 2 is 2.05 bits per heavy atom. The molecule has 0 aromatic carbocycles. The maximum atomic E-state index is 11.5. The Kier molecular flexibility index (Phi) is 8.21. The van der Waals surface area contributed by atoms with Gasteiger partial charge in [-0.05, 0) is 40.9 Å². The molecule has 1 heterocycles. The van der Waals surface area contributed by atoms with Gasteiger partial charge in [0.25, 0.3) is 0 Å². The maximum absolute atomic E-state index is 11.5. The van der Waals surface area contributed by atoms with Crippen LogP contribution < -0.4 is 5.43 Å². The highest BCUT2D eigenvalue weighted by atomic mass is 79.9. The number of carbonyl (C=O) groups is 1. The molecule has 0 saturated heterocycles. The molecule has 106 valence electrons. The van der Waals surface area contributed by atoms with Gasteiger partial charge in [-0.2, -0.15) is 5.10 Å². The first-order valence-corrected chi connectivity index (χ1v) is 7.60. The van der Waals surface area contributed by atoms with Gasteiger partial charge in [0.2, 0.25) is 0 Å². The van der Waals surface area contributed by atoms with E-state index in [2.05, 4.69) is 33.4 Å². The molecule has 1 aromatic rings. The lowest BCUT2D eigenvalue weighted by molar-refractivity contribution is 0.0926. The molecule has 0 radical (unpaired) electrons. The normalized spacial score (nSPS) is 11.1. The Labute approximate surface area is 122 Å². The van der Waals surface area contributed by atoms with E-state index in [0.29, 0.717) is 4.67 Å². The molecule has 0 spiro atoms. The summed E-state index contributed by atoms with van der Waals surface area (Å²) in [5.41, 5.74) is 2.44. The number of furan rings is 1. The van der Waals surface area contributed by atoms with Gasteiger partial charge in [0.15, 0.2) is 10.4 Å². The van der Waals surface area contributed by atoms with E-state index in [1.54, 1.807) is 18.3 Å². The standard InChI is InChI=1S/C14H21BrN2O2/c1-2-3-4-5-6-7-8-11-16-17-14(18)12-9-10-13(15)19-12/h9-11H,2-8H2,1H3,(H,17,18)/b16-11+. The van der Waals surface area contributed by atoms with E-state index in [0.717, 1.165) is 12.8 Å². The van der Waals surface area contributed by atoms with Crippen LogP contribution in [0.25, 0.3) is 0 Å². The van der Waals surface area contributed by atoms with Gasteiger partial charge in [-0.15, -0.1) is 0 Å². The fourth-order valence-electron chi connectivity index (χ4n) is 1.68. The molecule has 0 bridgehead atoms. The fourth-order valence-corrected chi connectivity index (χ4v) is 1.98. The second-order valence-electron chi connectivity index (χ2n) is 4.41. The Morgan fingerprint density at radius 3 is 2.74 bits per heavy atom. The first kappa shape index (κ1) is 16.0. The third kappa shape index (κ3) is 7.15. The summed E-state index contributed by atoms with van der Waals surface area (Å²) in [5, 5.41) is 3.89. The van der Waals surface area contributed by atoms with Gasteiger partial charge in [0, 0.05) is 6.21 Å². The second kappa shape index (κ2) is 9.78. The van der Waals surface area contributed by atoms with Gasteiger partial charge in [-0.1, -0.05) is 39.0 Å². The topological polar surface area (TPSA) is 54.6 Å². The van der Waals surface area contributed by atoms with Crippen LogP contribution in [0.5, 0.6) is 0 Å². The smallest absolute Gasteiger partial charge is 0.307 e. The van der Waals surface area contributed by atoms with Gasteiger partial charge in [-0.3, -0.25) is 4.79 Å². The van der Waals surface area contributed by atoms with Crippen LogP contribution in [0.15, 0.2) is 26.3 Å². The van der Waals surface area contributed by atoms with Crippen LogP contribution in [0.1, 0.15) is 62.4 Å². The first-order chi connectivity index (χ1) is 9.24. The van der Waals surface area contributed by atoms with Crippen molar-refractivity contribution >= 4 is 28.1 Å².